The number of hydrogen-bond donors (Lipinski definition) is 2. The molecule has 2 aliphatic carbocycles. The van der Waals surface area contributed by atoms with Crippen molar-refractivity contribution in [2.45, 2.75) is 70.4 Å². The Morgan fingerprint density at radius 1 is 1.06 bits per heavy atom. The maximum Gasteiger partial charge on any atom is 0.410 e. The van der Waals surface area contributed by atoms with Crippen LogP contribution in [0.5, 0.6) is 5.75 Å². The summed E-state index contributed by atoms with van der Waals surface area (Å²) in [7, 11) is 1.72. The van der Waals surface area contributed by atoms with Crippen molar-refractivity contribution < 1.29 is 29.0 Å². The number of Topliss-reactive ketones (excluding diaryl/α,β-unsaturated/α-hetero) is 1. The maximum absolute atomic E-state index is 13.0. The van der Waals surface area contributed by atoms with Crippen LogP contribution in [0.25, 0.3) is 0 Å². The number of benzene rings is 1. The van der Waals surface area contributed by atoms with E-state index in [1.807, 2.05) is 0 Å². The van der Waals surface area contributed by atoms with Gasteiger partial charge in [0.05, 0.1) is 17.6 Å². The van der Waals surface area contributed by atoms with Crippen molar-refractivity contribution in [3.8, 4) is 5.75 Å². The molecule has 8 heteroatoms. The second-order valence-electron chi connectivity index (χ2n) is 9.06. The number of aliphatic carboxylic acids is 1. The Morgan fingerprint density at radius 2 is 1.73 bits per heavy atom. The van der Waals surface area contributed by atoms with Crippen molar-refractivity contribution in [1.29, 1.82) is 0 Å². The lowest BCUT2D eigenvalue weighted by atomic mass is 9.87. The topological polar surface area (TPSA) is 119 Å². The van der Waals surface area contributed by atoms with Crippen molar-refractivity contribution in [3.05, 3.63) is 41.1 Å². The van der Waals surface area contributed by atoms with Crippen molar-refractivity contribution >= 4 is 17.8 Å². The first-order valence-corrected chi connectivity index (χ1v) is 11.6. The molecule has 0 aromatic heterocycles. The Morgan fingerprint density at radius 3 is 2.33 bits per heavy atom. The van der Waals surface area contributed by atoms with Crippen LogP contribution in [0.2, 0.25) is 0 Å². The molecule has 0 aliphatic heterocycles. The number of carboxylic acid groups (broad SMARTS) is 1. The molecule has 1 aromatic carbocycles. The second-order valence-corrected chi connectivity index (χ2v) is 9.06. The number of nitrogens with zero attached hydrogens (tertiary/aromatic N) is 1. The SMILES string of the molecule is CC(N)=C(COC(=O)N(C)C1CCCC1)C(=O)c1ccc(O[C@H]2CCC[C@H](C(=O)O)C2)cc1. The lowest BCUT2D eigenvalue weighted by Crippen LogP contribution is -2.36. The van der Waals surface area contributed by atoms with Crippen LogP contribution in [0.15, 0.2) is 35.5 Å². The molecular formula is C25H34N2O6. The fraction of sp³-hybridized carbons (Fsp3) is 0.560. The zero-order valence-corrected chi connectivity index (χ0v) is 19.4. The molecule has 1 aromatic rings. The van der Waals surface area contributed by atoms with Gasteiger partial charge in [0.15, 0.2) is 5.78 Å². The molecule has 2 atom stereocenters. The molecule has 1 amide bonds. The number of nitrogens with two attached hydrogens (primary N) is 1. The van der Waals surface area contributed by atoms with E-state index in [-0.39, 0.29) is 36.0 Å². The largest absolute Gasteiger partial charge is 0.490 e. The van der Waals surface area contributed by atoms with Gasteiger partial charge in [-0.05, 0) is 69.7 Å². The van der Waals surface area contributed by atoms with Gasteiger partial charge < -0.3 is 25.2 Å². The van der Waals surface area contributed by atoms with Crippen LogP contribution in [0.3, 0.4) is 0 Å². The van der Waals surface area contributed by atoms with Gasteiger partial charge >= 0.3 is 12.1 Å². The smallest absolute Gasteiger partial charge is 0.410 e. The quantitative estimate of drug-likeness (QED) is 0.444. The summed E-state index contributed by atoms with van der Waals surface area (Å²) in [4.78, 5) is 38.2. The molecule has 0 heterocycles. The molecule has 0 saturated heterocycles. The Hall–Kier alpha value is -3.03. The standard InChI is InChI=1S/C25H34N2O6/c1-16(26)22(15-32-25(31)27(2)19-7-3-4-8-19)23(28)17-10-12-20(13-11-17)33-21-9-5-6-18(14-21)24(29)30/h10-13,18-19,21H,3-9,14-15,26H2,1-2H3,(H,29,30)/t18-,21-/m0/s1. The fourth-order valence-corrected chi connectivity index (χ4v) is 4.56. The van der Waals surface area contributed by atoms with E-state index in [1.165, 1.54) is 0 Å². The summed E-state index contributed by atoms with van der Waals surface area (Å²) in [5.41, 5.74) is 6.89. The van der Waals surface area contributed by atoms with E-state index in [2.05, 4.69) is 0 Å². The van der Waals surface area contributed by atoms with Crippen molar-refractivity contribution in [2.24, 2.45) is 11.7 Å². The average Bonchev–Trinajstić information content (AvgIpc) is 3.34. The third-order valence-electron chi connectivity index (χ3n) is 6.65. The highest BCUT2D eigenvalue weighted by atomic mass is 16.6. The van der Waals surface area contributed by atoms with Gasteiger partial charge in [-0.2, -0.15) is 0 Å². The first-order valence-electron chi connectivity index (χ1n) is 11.6. The third kappa shape index (κ3) is 6.49. The summed E-state index contributed by atoms with van der Waals surface area (Å²) in [5.74, 6) is -0.875. The van der Waals surface area contributed by atoms with E-state index in [9.17, 15) is 19.5 Å². The first kappa shape index (κ1) is 24.6. The summed E-state index contributed by atoms with van der Waals surface area (Å²) >= 11 is 0. The van der Waals surface area contributed by atoms with Gasteiger partial charge in [-0.15, -0.1) is 0 Å². The fourth-order valence-electron chi connectivity index (χ4n) is 4.56. The van der Waals surface area contributed by atoms with E-state index < -0.39 is 12.1 Å². The van der Waals surface area contributed by atoms with Crippen molar-refractivity contribution in [1.82, 2.24) is 4.90 Å². The number of ketones is 1. The molecular weight excluding hydrogens is 424 g/mol. The predicted octanol–water partition coefficient (Wildman–Crippen LogP) is 4.14. The van der Waals surface area contributed by atoms with Crippen molar-refractivity contribution in [2.75, 3.05) is 13.7 Å². The number of carbonyl (C=O) groups is 3. The zero-order valence-electron chi connectivity index (χ0n) is 19.4. The molecule has 2 saturated carbocycles. The Balaban J connectivity index is 1.58. The number of allylic oxidation sites excluding steroid dienone is 1. The van der Waals surface area contributed by atoms with E-state index in [1.54, 1.807) is 43.1 Å². The number of amides is 1. The summed E-state index contributed by atoms with van der Waals surface area (Å²) in [6, 6.07) is 6.86. The molecule has 0 radical (unpaired) electrons. The molecule has 33 heavy (non-hydrogen) atoms. The number of carbonyl (C=O) groups excluding carboxylic acids is 2. The first-order chi connectivity index (χ1) is 15.8. The van der Waals surface area contributed by atoms with Gasteiger partial charge in [-0.3, -0.25) is 9.59 Å². The highest BCUT2D eigenvalue weighted by Gasteiger charge is 2.28. The summed E-state index contributed by atoms with van der Waals surface area (Å²) in [6.07, 6.45) is 6.32. The average molecular weight is 459 g/mol. The molecule has 2 aliphatic rings. The molecule has 180 valence electrons. The molecule has 2 fully saturated rings. The van der Waals surface area contributed by atoms with Crippen LogP contribution in [0.4, 0.5) is 4.79 Å². The third-order valence-corrected chi connectivity index (χ3v) is 6.65. The Bertz CT molecular complexity index is 885. The molecule has 0 unspecified atom stereocenters. The second kappa shape index (κ2) is 11.2. The van der Waals surface area contributed by atoms with E-state index in [4.69, 9.17) is 15.2 Å². The molecule has 8 nitrogen and oxygen atoms in total. The number of hydrogen-bond acceptors (Lipinski definition) is 6. The zero-order chi connectivity index (χ0) is 24.0. The minimum absolute atomic E-state index is 0.153. The maximum atomic E-state index is 13.0. The highest BCUT2D eigenvalue weighted by molar-refractivity contribution is 6.09. The minimum Gasteiger partial charge on any atom is -0.490 e. The van der Waals surface area contributed by atoms with Crippen LogP contribution in [-0.4, -0.2) is 53.7 Å². The lowest BCUT2D eigenvalue weighted by molar-refractivity contribution is -0.143. The van der Waals surface area contributed by atoms with E-state index in [0.717, 1.165) is 38.5 Å². The van der Waals surface area contributed by atoms with Crippen LogP contribution >= 0.6 is 0 Å². The van der Waals surface area contributed by atoms with Crippen LogP contribution < -0.4 is 10.5 Å². The lowest BCUT2D eigenvalue weighted by Gasteiger charge is -2.27. The Kier molecular flexibility index (Phi) is 8.36. The molecule has 0 spiro atoms. The Labute approximate surface area is 194 Å². The molecule has 3 N–H and O–H groups in total. The normalized spacial score (nSPS) is 21.8. The molecule has 0 bridgehead atoms. The number of ether oxygens (including phenoxy) is 2. The van der Waals surface area contributed by atoms with Gasteiger partial charge in [0.2, 0.25) is 0 Å². The van der Waals surface area contributed by atoms with Crippen LogP contribution in [-0.2, 0) is 9.53 Å². The number of rotatable bonds is 8. The summed E-state index contributed by atoms with van der Waals surface area (Å²) < 4.78 is 11.3. The minimum atomic E-state index is -0.782. The van der Waals surface area contributed by atoms with Gasteiger partial charge in [0.25, 0.3) is 0 Å². The van der Waals surface area contributed by atoms with Crippen LogP contribution in [0.1, 0.15) is 68.6 Å². The highest BCUT2D eigenvalue weighted by Crippen LogP contribution is 2.28. The predicted molar refractivity (Wildman–Crippen MR) is 123 cm³/mol. The van der Waals surface area contributed by atoms with Crippen LogP contribution in [0, 0.1) is 5.92 Å². The van der Waals surface area contributed by atoms with Crippen molar-refractivity contribution in [3.63, 3.8) is 0 Å². The van der Waals surface area contributed by atoms with Gasteiger partial charge in [-0.1, -0.05) is 12.8 Å². The monoisotopic (exact) mass is 458 g/mol. The van der Waals surface area contributed by atoms with E-state index in [0.29, 0.717) is 29.9 Å². The van der Waals surface area contributed by atoms with Gasteiger partial charge in [0.1, 0.15) is 12.4 Å². The summed E-state index contributed by atoms with van der Waals surface area (Å²) in [6.45, 7) is 1.43. The van der Waals surface area contributed by atoms with E-state index >= 15 is 0 Å². The number of carboxylic acids is 1. The molecule has 3 rings (SSSR count). The van der Waals surface area contributed by atoms with Gasteiger partial charge in [-0.25, -0.2) is 4.79 Å². The summed E-state index contributed by atoms with van der Waals surface area (Å²) in [5, 5.41) is 9.24. The van der Waals surface area contributed by atoms with Gasteiger partial charge in [0, 0.05) is 24.4 Å².